The number of hydrogen-bond donors (Lipinski definition) is 2. The molecule has 0 radical (unpaired) electrons. The molecule has 158 valence electrons. The second-order valence-corrected chi connectivity index (χ2v) is 7.83. The van der Waals surface area contributed by atoms with E-state index in [1.54, 1.807) is 18.2 Å². The molecular weight excluding hydrogens is 441 g/mol. The number of hydrogen-bond acceptors (Lipinski definition) is 4. The lowest BCUT2D eigenvalue weighted by Gasteiger charge is -2.22. The molecule has 6 nitrogen and oxygen atoms in total. The highest BCUT2D eigenvalue weighted by atomic mass is 35.5. The molecule has 1 amide bonds. The summed E-state index contributed by atoms with van der Waals surface area (Å²) < 4.78 is 5.87. The Bertz CT molecular complexity index is 1170. The quantitative estimate of drug-likeness (QED) is 0.552. The monoisotopic (exact) mass is 457 g/mol. The van der Waals surface area contributed by atoms with Crippen LogP contribution in [0.25, 0.3) is 0 Å². The van der Waals surface area contributed by atoms with E-state index in [1.807, 2.05) is 30.3 Å². The van der Waals surface area contributed by atoms with Gasteiger partial charge >= 0.3 is 5.97 Å². The summed E-state index contributed by atoms with van der Waals surface area (Å²) >= 11 is 12.6. The minimum Gasteiger partial charge on any atom is -0.488 e. The van der Waals surface area contributed by atoms with E-state index < -0.39 is 18.1 Å². The van der Waals surface area contributed by atoms with E-state index in [1.165, 1.54) is 12.1 Å². The molecule has 0 saturated carbocycles. The fraction of sp³-hybridized carbons (Fsp3) is 0.130. The normalized spacial score (nSPS) is 15.1. The highest BCUT2D eigenvalue weighted by Gasteiger charge is 2.41. The molecular formula is C23H17Cl2NO5. The third-order valence-electron chi connectivity index (χ3n) is 4.95. The molecule has 3 aromatic rings. The molecule has 4 rings (SSSR count). The molecule has 1 atom stereocenters. The Kier molecular flexibility index (Phi) is 5.87. The minimum atomic E-state index is -1.36. The predicted molar refractivity (Wildman–Crippen MR) is 117 cm³/mol. The van der Waals surface area contributed by atoms with Crippen LogP contribution < -0.4 is 9.64 Å². The van der Waals surface area contributed by atoms with E-state index in [2.05, 4.69) is 0 Å². The van der Waals surface area contributed by atoms with Crippen molar-refractivity contribution in [2.24, 2.45) is 0 Å². The van der Waals surface area contributed by atoms with Crippen LogP contribution in [0.2, 0.25) is 10.0 Å². The first-order chi connectivity index (χ1) is 14.9. The molecule has 0 aromatic heterocycles. The van der Waals surface area contributed by atoms with E-state index >= 15 is 0 Å². The molecule has 3 aromatic carbocycles. The van der Waals surface area contributed by atoms with Crippen LogP contribution in [0.1, 0.15) is 33.3 Å². The summed E-state index contributed by atoms with van der Waals surface area (Å²) in [6.07, 6.45) is -1.57. The molecule has 1 unspecified atom stereocenters. The summed E-state index contributed by atoms with van der Waals surface area (Å²) in [4.78, 5) is 25.3. The molecule has 2 N–H and O–H groups in total. The first-order valence-electron chi connectivity index (χ1n) is 9.37. The van der Waals surface area contributed by atoms with Gasteiger partial charge in [0.05, 0.1) is 22.7 Å². The first kappa shape index (κ1) is 21.2. The van der Waals surface area contributed by atoms with E-state index in [9.17, 15) is 14.7 Å². The molecule has 8 heteroatoms. The van der Waals surface area contributed by atoms with Crippen molar-refractivity contribution in [1.29, 1.82) is 0 Å². The summed E-state index contributed by atoms with van der Waals surface area (Å²) in [6.45, 7) is 0.239. The second kappa shape index (κ2) is 8.59. The van der Waals surface area contributed by atoms with Crippen molar-refractivity contribution < 1.29 is 24.5 Å². The first-order valence-corrected chi connectivity index (χ1v) is 10.1. The second-order valence-electron chi connectivity index (χ2n) is 7.01. The van der Waals surface area contributed by atoms with Crippen molar-refractivity contribution >= 4 is 40.8 Å². The Morgan fingerprint density at radius 3 is 2.42 bits per heavy atom. The van der Waals surface area contributed by atoms with Gasteiger partial charge in [-0.1, -0.05) is 59.6 Å². The van der Waals surface area contributed by atoms with Crippen molar-refractivity contribution in [2.75, 3.05) is 4.90 Å². The third-order valence-corrected chi connectivity index (χ3v) is 5.59. The van der Waals surface area contributed by atoms with Gasteiger partial charge in [0.15, 0.2) is 6.23 Å². The fourth-order valence-electron chi connectivity index (χ4n) is 3.53. The van der Waals surface area contributed by atoms with Crippen LogP contribution in [-0.2, 0) is 17.8 Å². The number of carboxylic acids is 1. The van der Waals surface area contributed by atoms with Gasteiger partial charge in [-0.3, -0.25) is 14.5 Å². The highest BCUT2D eigenvalue weighted by Crippen LogP contribution is 2.45. The maximum absolute atomic E-state index is 13.3. The minimum absolute atomic E-state index is 0.141. The van der Waals surface area contributed by atoms with Gasteiger partial charge in [-0.2, -0.15) is 0 Å². The molecule has 0 bridgehead atoms. The van der Waals surface area contributed by atoms with Crippen LogP contribution in [0.5, 0.6) is 5.75 Å². The number of amides is 1. The summed E-state index contributed by atoms with van der Waals surface area (Å²) in [5, 5.41) is 20.2. The number of benzene rings is 3. The summed E-state index contributed by atoms with van der Waals surface area (Å²) in [7, 11) is 0. The van der Waals surface area contributed by atoms with Gasteiger partial charge in [0.25, 0.3) is 5.91 Å². The largest absolute Gasteiger partial charge is 0.488 e. The number of fused-ring (bicyclic) bond motifs is 1. The van der Waals surface area contributed by atoms with Crippen LogP contribution in [0, 0.1) is 0 Å². The standard InChI is InChI=1S/C23H17Cl2NO5/c24-15-7-9-18(31-12-13-4-2-1-3-5-13)21-20(15)22(29)26(23(21)30)17-8-6-14(10-16(17)25)11-19(27)28/h1-10,22,29H,11-12H2,(H,27,28). The van der Waals surface area contributed by atoms with E-state index in [0.717, 1.165) is 10.5 Å². The van der Waals surface area contributed by atoms with Crippen molar-refractivity contribution in [2.45, 2.75) is 19.3 Å². The Morgan fingerprint density at radius 1 is 1.00 bits per heavy atom. The Labute approximate surface area is 188 Å². The third kappa shape index (κ3) is 4.10. The lowest BCUT2D eigenvalue weighted by Crippen LogP contribution is -2.28. The van der Waals surface area contributed by atoms with Crippen LogP contribution in [-0.4, -0.2) is 22.1 Å². The zero-order valence-corrected chi connectivity index (χ0v) is 17.6. The van der Waals surface area contributed by atoms with Crippen LogP contribution in [0.3, 0.4) is 0 Å². The Balaban J connectivity index is 1.68. The number of rotatable bonds is 6. The van der Waals surface area contributed by atoms with Gasteiger partial charge in [-0.25, -0.2) is 0 Å². The van der Waals surface area contributed by atoms with Gasteiger partial charge in [0.1, 0.15) is 12.4 Å². The topological polar surface area (TPSA) is 87.1 Å². The summed E-state index contributed by atoms with van der Waals surface area (Å²) in [6, 6.07) is 17.1. The molecule has 0 saturated heterocycles. The van der Waals surface area contributed by atoms with Crippen molar-refractivity contribution in [1.82, 2.24) is 0 Å². The van der Waals surface area contributed by atoms with Crippen molar-refractivity contribution in [3.8, 4) is 5.75 Å². The average molecular weight is 458 g/mol. The number of carbonyl (C=O) groups is 2. The number of nitrogens with zero attached hydrogens (tertiary/aromatic N) is 1. The summed E-state index contributed by atoms with van der Waals surface area (Å²) in [5.41, 5.74) is 2.05. The van der Waals surface area contributed by atoms with Crippen LogP contribution in [0.4, 0.5) is 5.69 Å². The van der Waals surface area contributed by atoms with Gasteiger partial charge < -0.3 is 14.9 Å². The number of anilines is 1. The zero-order valence-electron chi connectivity index (χ0n) is 16.1. The number of aliphatic hydroxyl groups excluding tert-OH is 1. The van der Waals surface area contributed by atoms with E-state index in [4.69, 9.17) is 33.0 Å². The van der Waals surface area contributed by atoms with Crippen molar-refractivity contribution in [3.05, 3.63) is 93.0 Å². The maximum atomic E-state index is 13.3. The summed E-state index contributed by atoms with van der Waals surface area (Å²) in [5.74, 6) is -1.21. The lowest BCUT2D eigenvalue weighted by atomic mass is 10.1. The van der Waals surface area contributed by atoms with E-state index in [0.29, 0.717) is 11.3 Å². The van der Waals surface area contributed by atoms with Gasteiger partial charge in [-0.05, 0) is 35.4 Å². The number of aliphatic hydroxyl groups is 1. The maximum Gasteiger partial charge on any atom is 0.307 e. The van der Waals surface area contributed by atoms with Crippen molar-refractivity contribution in [3.63, 3.8) is 0 Å². The van der Waals surface area contributed by atoms with E-state index in [-0.39, 0.29) is 39.9 Å². The Morgan fingerprint density at radius 2 is 1.74 bits per heavy atom. The smallest absolute Gasteiger partial charge is 0.307 e. The molecule has 0 aliphatic carbocycles. The molecule has 0 spiro atoms. The number of halogens is 2. The molecule has 1 aliphatic rings. The molecule has 1 heterocycles. The molecule has 31 heavy (non-hydrogen) atoms. The van der Waals surface area contributed by atoms with Crippen LogP contribution in [0.15, 0.2) is 60.7 Å². The number of aliphatic carboxylic acids is 1. The fourth-order valence-corrected chi connectivity index (χ4v) is 4.08. The predicted octanol–water partition coefficient (Wildman–Crippen LogP) is 4.85. The SMILES string of the molecule is O=C(O)Cc1ccc(N2C(=O)c3c(OCc4ccccc4)ccc(Cl)c3C2O)c(Cl)c1. The average Bonchev–Trinajstić information content (AvgIpc) is 3.00. The zero-order chi connectivity index (χ0) is 22.1. The van der Waals surface area contributed by atoms with Gasteiger partial charge in [-0.15, -0.1) is 0 Å². The highest BCUT2D eigenvalue weighted by molar-refractivity contribution is 6.35. The van der Waals surface area contributed by atoms with Crippen LogP contribution >= 0.6 is 23.2 Å². The molecule has 1 aliphatic heterocycles. The number of carbonyl (C=O) groups excluding carboxylic acids is 1. The number of carboxylic acid groups (broad SMARTS) is 1. The molecule has 0 fully saturated rings. The van der Waals surface area contributed by atoms with Gasteiger partial charge in [0.2, 0.25) is 0 Å². The Hall–Kier alpha value is -3.06. The lowest BCUT2D eigenvalue weighted by molar-refractivity contribution is -0.136. The van der Waals surface area contributed by atoms with Gasteiger partial charge in [0, 0.05) is 10.6 Å². The number of ether oxygens (including phenoxy) is 1.